The molecule has 37 heavy (non-hydrogen) atoms. The van der Waals surface area contributed by atoms with Crippen molar-refractivity contribution in [3.05, 3.63) is 46.9 Å². The minimum Gasteiger partial charge on any atom is -0.391 e. The van der Waals surface area contributed by atoms with Gasteiger partial charge in [-0.05, 0) is 44.2 Å². The molecule has 0 bridgehead atoms. The molecule has 0 atom stereocenters. The van der Waals surface area contributed by atoms with E-state index in [1.54, 1.807) is 24.9 Å². The maximum atomic E-state index is 13.2. The molecule has 1 fully saturated rings. The van der Waals surface area contributed by atoms with Gasteiger partial charge in [0.05, 0.1) is 5.69 Å². The molecule has 11 nitrogen and oxygen atoms in total. The van der Waals surface area contributed by atoms with E-state index in [0.717, 1.165) is 33.5 Å². The third-order valence-corrected chi connectivity index (χ3v) is 7.48. The molecule has 0 spiro atoms. The van der Waals surface area contributed by atoms with Gasteiger partial charge in [-0.15, -0.1) is 0 Å². The number of amides is 1. The van der Waals surface area contributed by atoms with E-state index in [1.165, 1.54) is 0 Å². The number of aromatic nitrogens is 4. The minimum atomic E-state index is -0.770. The van der Waals surface area contributed by atoms with Gasteiger partial charge < -0.3 is 14.6 Å². The molecule has 0 saturated heterocycles. The number of ether oxygens (including phenoxy) is 1. The summed E-state index contributed by atoms with van der Waals surface area (Å²) in [6.45, 7) is 5.74. The molecular formula is C25H24N6O5S. The smallest absolute Gasteiger partial charge is 0.357 e. The molecule has 3 aromatic heterocycles. The molecule has 190 valence electrons. The Balaban J connectivity index is 1.28. The van der Waals surface area contributed by atoms with Crippen LogP contribution >= 0.6 is 11.3 Å². The van der Waals surface area contributed by atoms with Crippen molar-refractivity contribution in [2.24, 2.45) is 5.92 Å². The van der Waals surface area contributed by atoms with Crippen LogP contribution in [0.15, 0.2) is 35.0 Å². The summed E-state index contributed by atoms with van der Waals surface area (Å²) in [4.78, 5) is 50.7. The van der Waals surface area contributed by atoms with Crippen LogP contribution in [0.5, 0.6) is 0 Å². The van der Waals surface area contributed by atoms with Gasteiger partial charge in [0.2, 0.25) is 17.6 Å². The molecule has 1 saturated carbocycles. The van der Waals surface area contributed by atoms with E-state index < -0.39 is 5.97 Å². The van der Waals surface area contributed by atoms with Crippen molar-refractivity contribution >= 4 is 51.4 Å². The highest BCUT2D eigenvalue weighted by molar-refractivity contribution is 7.17. The molecule has 1 aliphatic carbocycles. The van der Waals surface area contributed by atoms with Crippen LogP contribution in [0.2, 0.25) is 0 Å². The largest absolute Gasteiger partial charge is 0.391 e. The minimum absolute atomic E-state index is 0.0507. The van der Waals surface area contributed by atoms with Gasteiger partial charge in [0.1, 0.15) is 10.7 Å². The van der Waals surface area contributed by atoms with Gasteiger partial charge in [-0.1, -0.05) is 28.6 Å². The van der Waals surface area contributed by atoms with Crippen LogP contribution in [0.25, 0.3) is 22.2 Å². The van der Waals surface area contributed by atoms with Crippen LogP contribution in [0.1, 0.15) is 41.0 Å². The van der Waals surface area contributed by atoms with E-state index in [4.69, 9.17) is 4.52 Å². The first-order valence-corrected chi connectivity index (χ1v) is 12.6. The van der Waals surface area contributed by atoms with Crippen molar-refractivity contribution in [2.75, 3.05) is 16.8 Å². The van der Waals surface area contributed by atoms with Gasteiger partial charge in [0, 0.05) is 42.6 Å². The van der Waals surface area contributed by atoms with Gasteiger partial charge in [-0.3, -0.25) is 14.5 Å². The summed E-state index contributed by atoms with van der Waals surface area (Å²) in [5.41, 5.74) is 1.25. The topological polar surface area (TPSA) is 140 Å². The molecule has 0 unspecified atom stereocenters. The predicted octanol–water partition coefficient (Wildman–Crippen LogP) is 3.91. The molecule has 1 aromatic carbocycles. The summed E-state index contributed by atoms with van der Waals surface area (Å²) in [7, 11) is 0. The lowest BCUT2D eigenvalue weighted by molar-refractivity contribution is -0.125. The molecular weight excluding hydrogens is 496 g/mol. The fourth-order valence-electron chi connectivity index (χ4n) is 4.36. The number of thiazole rings is 1. The first-order chi connectivity index (χ1) is 17.9. The summed E-state index contributed by atoms with van der Waals surface area (Å²) < 4.78 is 9.54. The Labute approximate surface area is 215 Å². The number of benzene rings is 1. The Morgan fingerprint density at radius 3 is 2.76 bits per heavy atom. The lowest BCUT2D eigenvalue weighted by atomic mass is 9.79. The van der Waals surface area contributed by atoms with Crippen LogP contribution in [-0.4, -0.2) is 51.0 Å². The molecule has 1 aliphatic rings. The van der Waals surface area contributed by atoms with E-state index in [-0.39, 0.29) is 29.2 Å². The number of nitrogens with one attached hydrogen (secondary N) is 1. The van der Waals surface area contributed by atoms with Gasteiger partial charge in [-0.25, -0.2) is 14.8 Å². The molecule has 0 aliphatic heterocycles. The van der Waals surface area contributed by atoms with Crippen LogP contribution in [0, 0.1) is 19.8 Å². The van der Waals surface area contributed by atoms with Crippen LogP contribution in [0.3, 0.4) is 0 Å². The van der Waals surface area contributed by atoms with Crippen molar-refractivity contribution in [3.8, 4) is 11.4 Å². The number of carbonyl (C=O) groups is 3. The second-order valence-corrected chi connectivity index (χ2v) is 9.71. The van der Waals surface area contributed by atoms with Crippen molar-refractivity contribution in [3.63, 3.8) is 0 Å². The predicted molar refractivity (Wildman–Crippen MR) is 136 cm³/mol. The van der Waals surface area contributed by atoms with E-state index in [0.29, 0.717) is 41.9 Å². The van der Waals surface area contributed by atoms with Crippen molar-refractivity contribution in [1.29, 1.82) is 0 Å². The van der Waals surface area contributed by atoms with Gasteiger partial charge >= 0.3 is 12.4 Å². The number of carbonyl (C=O) groups excluding carboxylic acids is 3. The maximum Gasteiger partial charge on any atom is 0.357 e. The number of pyridine rings is 1. The molecule has 5 rings (SSSR count). The van der Waals surface area contributed by atoms with Crippen LogP contribution < -0.4 is 10.2 Å². The fraction of sp³-hybridized carbons (Fsp3) is 0.320. The van der Waals surface area contributed by atoms with E-state index in [1.807, 2.05) is 31.2 Å². The summed E-state index contributed by atoms with van der Waals surface area (Å²) in [6.07, 6.45) is 3.03. The molecule has 12 heteroatoms. The normalized spacial score (nSPS) is 16.7. The van der Waals surface area contributed by atoms with Crippen LogP contribution in [-0.2, 0) is 14.3 Å². The third-order valence-electron chi connectivity index (χ3n) is 6.32. The Morgan fingerprint density at radius 2 is 2.05 bits per heavy atom. The summed E-state index contributed by atoms with van der Waals surface area (Å²) >= 11 is 1.04. The number of hydrogen-bond donors (Lipinski definition) is 1. The highest BCUT2D eigenvalue weighted by Gasteiger charge is 2.38. The summed E-state index contributed by atoms with van der Waals surface area (Å²) in [5.74, 6) is 0.744. The highest BCUT2D eigenvalue weighted by Crippen LogP contribution is 2.36. The van der Waals surface area contributed by atoms with E-state index in [2.05, 4.69) is 30.2 Å². The second-order valence-electron chi connectivity index (χ2n) is 8.74. The zero-order valence-corrected chi connectivity index (χ0v) is 21.2. The van der Waals surface area contributed by atoms with Crippen molar-refractivity contribution in [2.45, 2.75) is 39.7 Å². The second kappa shape index (κ2) is 10.1. The highest BCUT2D eigenvalue weighted by atomic mass is 32.1. The molecule has 3 heterocycles. The first kappa shape index (κ1) is 24.5. The first-order valence-electron chi connectivity index (χ1n) is 11.8. The van der Waals surface area contributed by atoms with E-state index >= 15 is 0 Å². The summed E-state index contributed by atoms with van der Waals surface area (Å²) in [5, 5.41) is 9.85. The number of nitrogens with zero attached hydrogens (tertiary/aromatic N) is 5. The zero-order chi connectivity index (χ0) is 26.1. The SMILES string of the molecule is CCN(C(=O)C1CC(Nc2nccc3ccc(-c4noc(C)n4)cc23)C1)c1nc(C)c(C(=O)OC=O)s1. The third kappa shape index (κ3) is 4.79. The Morgan fingerprint density at radius 1 is 1.24 bits per heavy atom. The Hall–Kier alpha value is -4.19. The number of fused-ring (bicyclic) bond motifs is 1. The van der Waals surface area contributed by atoms with Crippen LogP contribution in [0.4, 0.5) is 10.9 Å². The number of rotatable bonds is 8. The standard InChI is InChI=1S/C25H24N6O5S/c1-4-31(25-27-13(2)20(37-25)24(34)35-12-32)23(33)17-9-18(10-17)29-22-19-11-16(21-28-14(3)36-30-21)6-5-15(19)7-8-26-22/h5-8,11-12,17-18H,4,9-10H2,1-3H3,(H,26,29). The fourth-order valence-corrected chi connectivity index (χ4v) is 5.38. The summed E-state index contributed by atoms with van der Waals surface area (Å²) in [6, 6.07) is 7.93. The monoisotopic (exact) mass is 520 g/mol. The van der Waals surface area contributed by atoms with Gasteiger partial charge in [0.25, 0.3) is 0 Å². The molecule has 0 radical (unpaired) electrons. The lowest BCUT2D eigenvalue weighted by Crippen LogP contribution is -2.46. The number of esters is 1. The number of anilines is 2. The average Bonchev–Trinajstić information content (AvgIpc) is 3.47. The lowest BCUT2D eigenvalue weighted by Gasteiger charge is -2.37. The maximum absolute atomic E-state index is 13.2. The van der Waals surface area contributed by atoms with Crippen molar-refractivity contribution in [1.82, 2.24) is 20.1 Å². The molecule has 4 aromatic rings. The van der Waals surface area contributed by atoms with E-state index in [9.17, 15) is 14.4 Å². The zero-order valence-electron chi connectivity index (χ0n) is 20.4. The Kier molecular flexibility index (Phi) is 6.66. The van der Waals surface area contributed by atoms with Gasteiger partial charge in [0.15, 0.2) is 5.13 Å². The Bertz CT molecular complexity index is 1490. The average molecular weight is 521 g/mol. The number of aryl methyl sites for hydroxylation is 2. The van der Waals surface area contributed by atoms with Crippen molar-refractivity contribution < 1.29 is 23.6 Å². The number of hydrogen-bond acceptors (Lipinski definition) is 11. The molecule has 1 N–H and O–H groups in total. The quantitative estimate of drug-likeness (QED) is 0.206. The molecule has 1 amide bonds. The van der Waals surface area contributed by atoms with Gasteiger partial charge in [-0.2, -0.15) is 4.98 Å².